The van der Waals surface area contributed by atoms with Crippen molar-refractivity contribution in [3.05, 3.63) is 84.7 Å². The molecule has 1 aliphatic heterocycles. The topological polar surface area (TPSA) is 74.2 Å². The minimum atomic E-state index is -0.549. The van der Waals surface area contributed by atoms with Gasteiger partial charge in [0.15, 0.2) is 5.82 Å². The Bertz CT molecular complexity index is 1180. The van der Waals surface area contributed by atoms with E-state index in [1.54, 1.807) is 12.4 Å². The molecule has 3 heterocycles. The summed E-state index contributed by atoms with van der Waals surface area (Å²) in [6.45, 7) is 3.66. The minimum absolute atomic E-state index is 0.0311. The highest BCUT2D eigenvalue weighted by molar-refractivity contribution is 5.90. The average molecular weight is 440 g/mol. The standard InChI is InChI=1S/C27H29N5O/c33-25(20-8-2-1-3-9-20)22(19-32-16-6-7-17-32)18-29-27-23-10-4-5-11-24(23)30-26(31-27)21-12-14-28-15-13-21/h1-5,8-15,22,25,33H,6-7,16-19H2,(H,29,30,31). The SMILES string of the molecule is OC(c1ccccc1)C(CNc1nc(-c2ccncc2)nc2ccccc12)CN1CCCC1. The van der Waals surface area contributed by atoms with Gasteiger partial charge in [-0.2, -0.15) is 0 Å². The van der Waals surface area contributed by atoms with Crippen molar-refractivity contribution in [1.82, 2.24) is 19.9 Å². The van der Waals surface area contributed by atoms with Crippen LogP contribution in [0.3, 0.4) is 0 Å². The second kappa shape index (κ2) is 10.1. The van der Waals surface area contributed by atoms with Crippen LogP contribution in [0.1, 0.15) is 24.5 Å². The van der Waals surface area contributed by atoms with E-state index in [0.717, 1.165) is 47.5 Å². The van der Waals surface area contributed by atoms with Crippen LogP contribution in [0, 0.1) is 5.92 Å². The lowest BCUT2D eigenvalue weighted by Gasteiger charge is -2.28. The molecule has 0 bridgehead atoms. The molecule has 2 atom stereocenters. The molecule has 2 N–H and O–H groups in total. The van der Waals surface area contributed by atoms with Gasteiger partial charge in [-0.15, -0.1) is 0 Å². The van der Waals surface area contributed by atoms with Gasteiger partial charge in [0.05, 0.1) is 11.6 Å². The zero-order valence-corrected chi connectivity index (χ0v) is 18.6. The summed E-state index contributed by atoms with van der Waals surface area (Å²) in [4.78, 5) is 16.2. The van der Waals surface area contributed by atoms with Gasteiger partial charge in [-0.25, -0.2) is 9.97 Å². The van der Waals surface area contributed by atoms with E-state index in [1.807, 2.05) is 66.7 Å². The van der Waals surface area contributed by atoms with Gasteiger partial charge in [0.2, 0.25) is 0 Å². The number of para-hydroxylation sites is 1. The van der Waals surface area contributed by atoms with Crippen LogP contribution in [0.2, 0.25) is 0 Å². The number of benzene rings is 2. The van der Waals surface area contributed by atoms with Crippen LogP contribution in [0.15, 0.2) is 79.1 Å². The summed E-state index contributed by atoms with van der Waals surface area (Å²) >= 11 is 0. The summed E-state index contributed by atoms with van der Waals surface area (Å²) in [6, 6.07) is 21.8. The van der Waals surface area contributed by atoms with E-state index in [2.05, 4.69) is 15.2 Å². The number of nitrogens with zero attached hydrogens (tertiary/aromatic N) is 4. The molecule has 1 aliphatic rings. The number of aliphatic hydroxyl groups is 1. The van der Waals surface area contributed by atoms with Gasteiger partial charge in [0.1, 0.15) is 5.82 Å². The molecule has 0 spiro atoms. The molecule has 1 fully saturated rings. The Labute approximate surface area is 194 Å². The predicted octanol–water partition coefficient (Wildman–Crippen LogP) is 4.55. The Balaban J connectivity index is 1.44. The minimum Gasteiger partial charge on any atom is -0.388 e. The largest absolute Gasteiger partial charge is 0.388 e. The highest BCUT2D eigenvalue weighted by atomic mass is 16.3. The summed E-state index contributed by atoms with van der Waals surface area (Å²) < 4.78 is 0. The van der Waals surface area contributed by atoms with E-state index in [-0.39, 0.29) is 5.92 Å². The number of fused-ring (bicyclic) bond motifs is 1. The van der Waals surface area contributed by atoms with Gasteiger partial charge in [0.25, 0.3) is 0 Å². The fourth-order valence-electron chi connectivity index (χ4n) is 4.56. The van der Waals surface area contributed by atoms with E-state index < -0.39 is 6.10 Å². The van der Waals surface area contributed by atoms with Gasteiger partial charge < -0.3 is 15.3 Å². The van der Waals surface area contributed by atoms with Crippen LogP contribution < -0.4 is 5.32 Å². The third kappa shape index (κ3) is 5.02. The van der Waals surface area contributed by atoms with Gasteiger partial charge in [0, 0.05) is 42.4 Å². The molecule has 0 aliphatic carbocycles. The molecule has 1 saturated heterocycles. The van der Waals surface area contributed by atoms with E-state index in [9.17, 15) is 5.11 Å². The number of aliphatic hydroxyl groups excluding tert-OH is 1. The molecule has 5 rings (SSSR count). The molecule has 2 aromatic carbocycles. The monoisotopic (exact) mass is 439 g/mol. The normalized spacial score (nSPS) is 16.0. The second-order valence-electron chi connectivity index (χ2n) is 8.65. The molecule has 6 heteroatoms. The lowest BCUT2D eigenvalue weighted by atomic mass is 9.95. The molecule has 33 heavy (non-hydrogen) atoms. The first-order valence-corrected chi connectivity index (χ1v) is 11.6. The lowest BCUT2D eigenvalue weighted by Crippen LogP contribution is -2.34. The van der Waals surface area contributed by atoms with E-state index in [1.165, 1.54) is 12.8 Å². The fourth-order valence-corrected chi connectivity index (χ4v) is 4.56. The number of aromatic nitrogens is 3. The van der Waals surface area contributed by atoms with Crippen LogP contribution in [-0.4, -0.2) is 51.1 Å². The molecule has 0 amide bonds. The maximum Gasteiger partial charge on any atom is 0.162 e. The number of pyridine rings is 1. The Morgan fingerprint density at radius 3 is 2.39 bits per heavy atom. The highest BCUT2D eigenvalue weighted by Gasteiger charge is 2.25. The number of hydrogen-bond donors (Lipinski definition) is 2. The van der Waals surface area contributed by atoms with Crippen molar-refractivity contribution in [3.63, 3.8) is 0 Å². The number of anilines is 1. The first kappa shape index (κ1) is 21.5. The Morgan fingerprint density at radius 1 is 0.879 bits per heavy atom. The molecule has 168 valence electrons. The van der Waals surface area contributed by atoms with Crippen molar-refractivity contribution < 1.29 is 5.11 Å². The van der Waals surface area contributed by atoms with E-state index >= 15 is 0 Å². The second-order valence-corrected chi connectivity index (χ2v) is 8.65. The molecular formula is C27H29N5O. The van der Waals surface area contributed by atoms with Crippen LogP contribution in [0.5, 0.6) is 0 Å². The lowest BCUT2D eigenvalue weighted by molar-refractivity contribution is 0.0913. The summed E-state index contributed by atoms with van der Waals surface area (Å²) in [5.74, 6) is 1.49. The Kier molecular flexibility index (Phi) is 6.56. The van der Waals surface area contributed by atoms with Gasteiger partial charge in [-0.05, 0) is 55.8 Å². The maximum atomic E-state index is 11.3. The van der Waals surface area contributed by atoms with Crippen LogP contribution in [0.25, 0.3) is 22.3 Å². The summed E-state index contributed by atoms with van der Waals surface area (Å²) in [5.41, 5.74) is 2.77. The van der Waals surface area contributed by atoms with Crippen LogP contribution >= 0.6 is 0 Å². The van der Waals surface area contributed by atoms with Crippen molar-refractivity contribution in [2.75, 3.05) is 31.5 Å². The van der Waals surface area contributed by atoms with Gasteiger partial charge in [-0.1, -0.05) is 42.5 Å². The zero-order chi connectivity index (χ0) is 22.5. The van der Waals surface area contributed by atoms with E-state index in [4.69, 9.17) is 9.97 Å². The quantitative estimate of drug-likeness (QED) is 0.420. The Morgan fingerprint density at radius 2 is 1.61 bits per heavy atom. The number of nitrogens with one attached hydrogen (secondary N) is 1. The van der Waals surface area contributed by atoms with Crippen molar-refractivity contribution in [2.45, 2.75) is 18.9 Å². The van der Waals surface area contributed by atoms with Crippen LogP contribution in [0.4, 0.5) is 5.82 Å². The fraction of sp³-hybridized carbons (Fsp3) is 0.296. The molecule has 4 aromatic rings. The Hall–Kier alpha value is -3.35. The third-order valence-electron chi connectivity index (χ3n) is 6.35. The smallest absolute Gasteiger partial charge is 0.162 e. The third-order valence-corrected chi connectivity index (χ3v) is 6.35. The molecule has 2 aromatic heterocycles. The van der Waals surface area contributed by atoms with Crippen molar-refractivity contribution in [2.24, 2.45) is 5.92 Å². The first-order valence-electron chi connectivity index (χ1n) is 11.6. The van der Waals surface area contributed by atoms with E-state index in [0.29, 0.717) is 12.4 Å². The average Bonchev–Trinajstić information content (AvgIpc) is 3.40. The molecule has 6 nitrogen and oxygen atoms in total. The summed E-state index contributed by atoms with van der Waals surface area (Å²) in [5, 5.41) is 15.8. The number of hydrogen-bond acceptors (Lipinski definition) is 6. The molecule has 0 saturated carbocycles. The number of rotatable bonds is 8. The van der Waals surface area contributed by atoms with Gasteiger partial charge >= 0.3 is 0 Å². The van der Waals surface area contributed by atoms with Gasteiger partial charge in [-0.3, -0.25) is 4.98 Å². The van der Waals surface area contributed by atoms with Crippen molar-refractivity contribution in [1.29, 1.82) is 0 Å². The first-order chi connectivity index (χ1) is 16.3. The summed E-state index contributed by atoms with van der Waals surface area (Å²) in [6.07, 6.45) is 5.42. The van der Waals surface area contributed by atoms with Crippen LogP contribution in [-0.2, 0) is 0 Å². The van der Waals surface area contributed by atoms with Crippen molar-refractivity contribution in [3.8, 4) is 11.4 Å². The highest BCUT2D eigenvalue weighted by Crippen LogP contribution is 2.28. The summed E-state index contributed by atoms with van der Waals surface area (Å²) in [7, 11) is 0. The number of likely N-dealkylation sites (tertiary alicyclic amines) is 1. The predicted molar refractivity (Wildman–Crippen MR) is 132 cm³/mol. The maximum absolute atomic E-state index is 11.3. The zero-order valence-electron chi connectivity index (χ0n) is 18.6. The molecule has 0 radical (unpaired) electrons. The molecular weight excluding hydrogens is 410 g/mol. The van der Waals surface area contributed by atoms with Crippen molar-refractivity contribution >= 4 is 16.7 Å². The molecule has 2 unspecified atom stereocenters.